The fraction of sp³-hybridized carbons (Fsp3) is 0. The van der Waals surface area contributed by atoms with Gasteiger partial charge >= 0.3 is 0 Å². The van der Waals surface area contributed by atoms with E-state index < -0.39 is 0 Å². The number of hydrogen-bond acceptors (Lipinski definition) is 1. The van der Waals surface area contributed by atoms with Crippen LogP contribution >= 0.6 is 57.8 Å². The minimum absolute atomic E-state index is 0.289. The number of para-hydroxylation sites is 2. The quantitative estimate of drug-likeness (QED) is 0.469. The van der Waals surface area contributed by atoms with Gasteiger partial charge in [0.25, 0.3) is 5.24 Å². The molecule has 1 amide bonds. The van der Waals surface area contributed by atoms with E-state index in [2.05, 4.69) is 57.8 Å². The highest BCUT2D eigenvalue weighted by atomic mass is 127. The Morgan fingerprint density at radius 2 is 1.28 bits per heavy atom. The molecule has 0 radical (unpaired) electrons. The summed E-state index contributed by atoms with van der Waals surface area (Å²) < 4.78 is 2.02. The highest BCUT2D eigenvalue weighted by Crippen LogP contribution is 2.33. The summed E-state index contributed by atoms with van der Waals surface area (Å²) in [6.07, 6.45) is 0. The Balaban J connectivity index is 2.58. The maximum absolute atomic E-state index is 11.8. The molecule has 0 atom stereocenters. The van der Waals surface area contributed by atoms with Crippen molar-refractivity contribution in [1.82, 2.24) is 0 Å². The normalized spacial score (nSPS) is 10.2. The molecular formula is C13H9I2NOS. The maximum atomic E-state index is 11.8. The van der Waals surface area contributed by atoms with Crippen molar-refractivity contribution in [2.45, 2.75) is 0 Å². The number of amides is 1. The summed E-state index contributed by atoms with van der Waals surface area (Å²) in [6, 6.07) is 15.5. The molecule has 2 aromatic carbocycles. The van der Waals surface area contributed by atoms with Crippen LogP contribution < -0.4 is 4.90 Å². The van der Waals surface area contributed by atoms with E-state index in [1.165, 1.54) is 0 Å². The molecule has 0 aromatic heterocycles. The molecule has 2 nitrogen and oxygen atoms in total. The number of benzene rings is 2. The summed E-state index contributed by atoms with van der Waals surface area (Å²) in [7, 11) is 0. The van der Waals surface area contributed by atoms with Crippen molar-refractivity contribution in [3.8, 4) is 0 Å². The summed E-state index contributed by atoms with van der Waals surface area (Å²) >= 11 is 8.43. The smallest absolute Gasteiger partial charge is 0.270 e. The number of carbonyl (C=O) groups excluding carboxylic acids is 1. The molecule has 2 rings (SSSR count). The molecule has 0 N–H and O–H groups in total. The Bertz CT molecular complexity index is 543. The molecule has 18 heavy (non-hydrogen) atoms. The van der Waals surface area contributed by atoms with Gasteiger partial charge in [-0.25, -0.2) is 0 Å². The van der Waals surface area contributed by atoms with E-state index in [1.807, 2.05) is 48.5 Å². The largest absolute Gasteiger partial charge is 0.287 e. The third-order valence-corrected chi connectivity index (χ3v) is 4.40. The van der Waals surface area contributed by atoms with E-state index >= 15 is 0 Å². The molecule has 0 saturated heterocycles. The first kappa shape index (κ1) is 14.1. The molecular weight excluding hydrogens is 472 g/mol. The van der Waals surface area contributed by atoms with Crippen LogP contribution in [0.15, 0.2) is 48.5 Å². The standard InChI is InChI=1S/C13H9I2NOS/c14-9-5-1-3-7-11(9)16(13(17)18)12-8-4-2-6-10(12)15/h1-8H,(H,17,18). The van der Waals surface area contributed by atoms with E-state index in [-0.39, 0.29) is 5.24 Å². The second-order valence-electron chi connectivity index (χ2n) is 3.52. The van der Waals surface area contributed by atoms with E-state index in [0.717, 1.165) is 18.5 Å². The van der Waals surface area contributed by atoms with Gasteiger partial charge < -0.3 is 0 Å². The summed E-state index contributed by atoms with van der Waals surface area (Å²) in [6.45, 7) is 0. The van der Waals surface area contributed by atoms with Crippen LogP contribution in [0.3, 0.4) is 0 Å². The van der Waals surface area contributed by atoms with Gasteiger partial charge in [-0.05, 0) is 69.4 Å². The molecule has 0 heterocycles. The number of nitrogens with zero attached hydrogens (tertiary/aromatic N) is 1. The van der Waals surface area contributed by atoms with Crippen LogP contribution in [0.5, 0.6) is 0 Å². The zero-order valence-corrected chi connectivity index (χ0v) is 14.4. The van der Waals surface area contributed by atoms with E-state index in [0.29, 0.717) is 0 Å². The third-order valence-electron chi connectivity index (χ3n) is 2.38. The highest BCUT2D eigenvalue weighted by molar-refractivity contribution is 14.1. The number of anilines is 2. The van der Waals surface area contributed by atoms with Crippen molar-refractivity contribution >= 4 is 74.4 Å². The highest BCUT2D eigenvalue weighted by Gasteiger charge is 2.18. The minimum Gasteiger partial charge on any atom is -0.270 e. The van der Waals surface area contributed by atoms with Gasteiger partial charge in [-0.15, -0.1) is 0 Å². The predicted octanol–water partition coefficient (Wildman–Crippen LogP) is 5.08. The van der Waals surface area contributed by atoms with Gasteiger partial charge in [0.1, 0.15) is 0 Å². The molecule has 92 valence electrons. The molecule has 0 unspecified atom stereocenters. The number of halogens is 2. The Hall–Kier alpha value is -0.280. The number of thiol groups is 1. The minimum atomic E-state index is -0.289. The van der Waals surface area contributed by atoms with Gasteiger partial charge in [0, 0.05) is 7.14 Å². The first-order chi connectivity index (χ1) is 8.61. The molecule has 0 aliphatic carbocycles. The second-order valence-corrected chi connectivity index (χ2v) is 6.23. The molecule has 5 heteroatoms. The van der Waals surface area contributed by atoms with Gasteiger partial charge in [-0.1, -0.05) is 36.9 Å². The lowest BCUT2D eigenvalue weighted by molar-refractivity contribution is 0.267. The van der Waals surface area contributed by atoms with Gasteiger partial charge in [0.2, 0.25) is 0 Å². The van der Waals surface area contributed by atoms with Crippen molar-refractivity contribution in [1.29, 1.82) is 0 Å². The van der Waals surface area contributed by atoms with E-state index in [9.17, 15) is 4.79 Å². The Morgan fingerprint density at radius 1 is 0.889 bits per heavy atom. The van der Waals surface area contributed by atoms with Crippen molar-refractivity contribution in [3.05, 3.63) is 55.7 Å². The fourth-order valence-corrected chi connectivity index (χ4v) is 3.07. The summed E-state index contributed by atoms with van der Waals surface area (Å²) in [5.74, 6) is 0. The van der Waals surface area contributed by atoms with E-state index in [1.54, 1.807) is 4.90 Å². The zero-order valence-electron chi connectivity index (χ0n) is 9.18. The summed E-state index contributed by atoms with van der Waals surface area (Å²) in [5, 5.41) is -0.289. The number of carbonyl (C=O) groups is 1. The van der Waals surface area contributed by atoms with Crippen molar-refractivity contribution in [3.63, 3.8) is 0 Å². The molecule has 0 spiro atoms. The summed E-state index contributed by atoms with van der Waals surface area (Å²) in [4.78, 5) is 13.5. The van der Waals surface area contributed by atoms with Crippen molar-refractivity contribution in [2.24, 2.45) is 0 Å². The van der Waals surface area contributed by atoms with Crippen molar-refractivity contribution < 1.29 is 4.79 Å². The first-order valence-electron chi connectivity index (χ1n) is 5.13. The average molecular weight is 481 g/mol. The lowest BCUT2D eigenvalue weighted by atomic mass is 10.2. The summed E-state index contributed by atoms with van der Waals surface area (Å²) in [5.41, 5.74) is 1.70. The first-order valence-corrected chi connectivity index (χ1v) is 7.74. The van der Waals surface area contributed by atoms with Gasteiger partial charge in [0.15, 0.2) is 0 Å². The van der Waals surface area contributed by atoms with Crippen LogP contribution in [-0.2, 0) is 0 Å². The Morgan fingerprint density at radius 3 is 1.61 bits per heavy atom. The van der Waals surface area contributed by atoms with Gasteiger partial charge in [0.05, 0.1) is 11.4 Å². The zero-order chi connectivity index (χ0) is 13.1. The van der Waals surface area contributed by atoms with Crippen LogP contribution in [0.1, 0.15) is 0 Å². The fourth-order valence-electron chi connectivity index (χ4n) is 1.60. The Kier molecular flexibility index (Phi) is 4.91. The maximum Gasteiger partial charge on any atom is 0.287 e. The van der Waals surface area contributed by atoms with Gasteiger partial charge in [-0.2, -0.15) is 0 Å². The lowest BCUT2D eigenvalue weighted by Crippen LogP contribution is -2.21. The molecule has 0 aliphatic heterocycles. The molecule has 0 fully saturated rings. The molecule has 0 saturated carbocycles. The van der Waals surface area contributed by atoms with Gasteiger partial charge in [-0.3, -0.25) is 9.69 Å². The predicted molar refractivity (Wildman–Crippen MR) is 94.8 cm³/mol. The monoisotopic (exact) mass is 481 g/mol. The number of rotatable bonds is 2. The second kappa shape index (κ2) is 6.25. The molecule has 0 aliphatic rings. The van der Waals surface area contributed by atoms with Crippen LogP contribution in [0.4, 0.5) is 16.2 Å². The topological polar surface area (TPSA) is 20.3 Å². The Labute approximate surface area is 138 Å². The lowest BCUT2D eigenvalue weighted by Gasteiger charge is -2.23. The number of hydrogen-bond donors (Lipinski definition) is 1. The van der Waals surface area contributed by atoms with Crippen LogP contribution in [0.2, 0.25) is 0 Å². The van der Waals surface area contributed by atoms with E-state index in [4.69, 9.17) is 0 Å². The third kappa shape index (κ3) is 3.00. The molecule has 0 bridgehead atoms. The van der Waals surface area contributed by atoms with Crippen LogP contribution in [-0.4, -0.2) is 5.24 Å². The SMILES string of the molecule is O=C(S)N(c1ccccc1I)c1ccccc1I. The molecule has 2 aromatic rings. The van der Waals surface area contributed by atoms with Crippen molar-refractivity contribution in [2.75, 3.05) is 4.90 Å². The van der Waals surface area contributed by atoms with Crippen LogP contribution in [0, 0.1) is 7.14 Å². The average Bonchev–Trinajstić information content (AvgIpc) is 2.34. The van der Waals surface area contributed by atoms with Crippen LogP contribution in [0.25, 0.3) is 0 Å².